The predicted molar refractivity (Wildman–Crippen MR) is 130 cm³/mol. The lowest BCUT2D eigenvalue weighted by Gasteiger charge is -2.29. The van der Waals surface area contributed by atoms with Crippen LogP contribution in [-0.2, 0) is 27.4 Å². The topological polar surface area (TPSA) is 105 Å². The zero-order valence-electron chi connectivity index (χ0n) is 19.0. The number of rotatable bonds is 4. The number of hydrogen-bond donors (Lipinski definition) is 2. The number of carboxylic acids is 1. The number of benzene rings is 3. The summed E-state index contributed by atoms with van der Waals surface area (Å²) in [5.74, 6) is -1.46. The highest BCUT2D eigenvalue weighted by Crippen LogP contribution is 2.38. The first-order valence-electron chi connectivity index (χ1n) is 11.1. The summed E-state index contributed by atoms with van der Waals surface area (Å²) in [5.41, 5.74) is -1.28. The molecule has 1 aliphatic heterocycles. The van der Waals surface area contributed by atoms with Crippen molar-refractivity contribution in [1.29, 1.82) is 0 Å². The normalized spacial score (nSPS) is 16.9. The van der Waals surface area contributed by atoms with Crippen molar-refractivity contribution < 1.29 is 31.5 Å². The average molecular weight is 529 g/mol. The standard InChI is InChI=1S/C26H19F3N2O5S/c27-26(28,29)19-9-4-8-17(12-19)23-18(11-16-7-3-6-15-5-1-2-10-20(15)16)13-22(32)31-21(25(33)34)14-30-37(35,36)24(23)31/h1-10,12-13,21,30H,11,14H2,(H,33,34)/t21-/m0/s1. The van der Waals surface area contributed by atoms with Crippen molar-refractivity contribution in [3.63, 3.8) is 0 Å². The Kier molecular flexibility index (Phi) is 5.92. The lowest BCUT2D eigenvalue weighted by molar-refractivity contribution is -0.141. The molecule has 7 nitrogen and oxygen atoms in total. The van der Waals surface area contributed by atoms with Gasteiger partial charge in [-0.15, -0.1) is 0 Å². The number of carbonyl (C=O) groups is 1. The molecule has 1 aliphatic rings. The highest BCUT2D eigenvalue weighted by Gasteiger charge is 2.39. The first-order valence-corrected chi connectivity index (χ1v) is 12.6. The number of sulfonamides is 1. The molecule has 0 unspecified atom stereocenters. The highest BCUT2D eigenvalue weighted by atomic mass is 32.2. The van der Waals surface area contributed by atoms with Crippen LogP contribution in [-0.4, -0.2) is 30.6 Å². The van der Waals surface area contributed by atoms with Crippen molar-refractivity contribution in [2.75, 3.05) is 6.54 Å². The summed E-state index contributed by atoms with van der Waals surface area (Å²) in [6.45, 7) is -0.574. The van der Waals surface area contributed by atoms with Crippen molar-refractivity contribution in [1.82, 2.24) is 9.29 Å². The highest BCUT2D eigenvalue weighted by molar-refractivity contribution is 7.89. The molecule has 0 saturated heterocycles. The van der Waals surface area contributed by atoms with Crippen LogP contribution >= 0.6 is 0 Å². The number of pyridine rings is 1. The van der Waals surface area contributed by atoms with Crippen LogP contribution in [0.25, 0.3) is 21.9 Å². The van der Waals surface area contributed by atoms with E-state index in [1.807, 2.05) is 30.3 Å². The van der Waals surface area contributed by atoms with Crippen molar-refractivity contribution in [2.45, 2.75) is 23.7 Å². The molecule has 11 heteroatoms. The van der Waals surface area contributed by atoms with Gasteiger partial charge in [0.2, 0.25) is 0 Å². The third-order valence-electron chi connectivity index (χ3n) is 6.35. The van der Waals surface area contributed by atoms with Crippen LogP contribution in [0.2, 0.25) is 0 Å². The monoisotopic (exact) mass is 528 g/mol. The van der Waals surface area contributed by atoms with E-state index in [9.17, 15) is 36.3 Å². The third-order valence-corrected chi connectivity index (χ3v) is 7.80. The van der Waals surface area contributed by atoms with Gasteiger partial charge in [0.1, 0.15) is 6.04 Å². The lowest BCUT2D eigenvalue weighted by Crippen LogP contribution is -2.47. The van der Waals surface area contributed by atoms with Crippen molar-refractivity contribution in [3.05, 3.63) is 99.8 Å². The average Bonchev–Trinajstić information content (AvgIpc) is 2.84. The summed E-state index contributed by atoms with van der Waals surface area (Å²) in [6.07, 6.45) is -4.69. The summed E-state index contributed by atoms with van der Waals surface area (Å²) < 4.78 is 69.9. The van der Waals surface area contributed by atoms with Crippen molar-refractivity contribution in [3.8, 4) is 11.1 Å². The molecule has 1 atom stereocenters. The molecule has 2 N–H and O–H groups in total. The van der Waals surface area contributed by atoms with E-state index < -0.39 is 50.9 Å². The zero-order chi connectivity index (χ0) is 26.5. The minimum Gasteiger partial charge on any atom is -0.480 e. The Morgan fingerprint density at radius 2 is 1.70 bits per heavy atom. The SMILES string of the molecule is O=C(O)[C@@H]1CNS(=O)(=O)c2c(-c3cccc(C(F)(F)F)c3)c(Cc3cccc4ccccc34)cc(=O)n21. The summed E-state index contributed by atoms with van der Waals surface area (Å²) in [5, 5.41) is 10.7. The van der Waals surface area contributed by atoms with E-state index in [4.69, 9.17) is 0 Å². The summed E-state index contributed by atoms with van der Waals surface area (Å²) in [7, 11) is -4.45. The number of nitrogens with zero attached hydrogens (tertiary/aromatic N) is 1. The van der Waals surface area contributed by atoms with E-state index in [0.717, 1.165) is 35.0 Å². The maximum absolute atomic E-state index is 13.6. The molecular weight excluding hydrogens is 509 g/mol. The Hall–Kier alpha value is -3.96. The van der Waals surface area contributed by atoms with E-state index in [1.165, 1.54) is 6.07 Å². The van der Waals surface area contributed by atoms with Crippen LogP contribution in [0.15, 0.2) is 82.6 Å². The summed E-state index contributed by atoms with van der Waals surface area (Å²) in [6, 6.07) is 16.5. The number of halogens is 3. The minimum atomic E-state index is -4.71. The van der Waals surface area contributed by atoms with Crippen LogP contribution in [0.5, 0.6) is 0 Å². The minimum absolute atomic E-state index is 0.0171. The van der Waals surface area contributed by atoms with Gasteiger partial charge < -0.3 is 5.11 Å². The van der Waals surface area contributed by atoms with Crippen LogP contribution in [0.4, 0.5) is 13.2 Å². The molecule has 37 heavy (non-hydrogen) atoms. The van der Waals surface area contributed by atoms with Crippen LogP contribution in [0.3, 0.4) is 0 Å². The zero-order valence-corrected chi connectivity index (χ0v) is 19.8. The number of aliphatic carboxylic acids is 1. The molecule has 0 bridgehead atoms. The van der Waals surface area contributed by atoms with Crippen LogP contribution < -0.4 is 10.3 Å². The molecule has 2 heterocycles. The number of nitrogens with one attached hydrogen (secondary N) is 1. The van der Waals surface area contributed by atoms with E-state index in [0.29, 0.717) is 10.1 Å². The molecule has 4 aromatic rings. The molecule has 0 fully saturated rings. The molecule has 5 rings (SSSR count). The molecule has 3 aromatic carbocycles. The summed E-state index contributed by atoms with van der Waals surface area (Å²) in [4.78, 5) is 25.1. The molecule has 0 spiro atoms. The van der Waals surface area contributed by atoms with Crippen LogP contribution in [0, 0.1) is 0 Å². The van der Waals surface area contributed by atoms with E-state index in [-0.39, 0.29) is 23.1 Å². The van der Waals surface area contributed by atoms with Gasteiger partial charge in [-0.2, -0.15) is 13.2 Å². The van der Waals surface area contributed by atoms with Gasteiger partial charge in [0, 0.05) is 18.2 Å². The van der Waals surface area contributed by atoms with E-state index >= 15 is 0 Å². The Labute approximate surface area is 208 Å². The second-order valence-electron chi connectivity index (χ2n) is 8.66. The number of fused-ring (bicyclic) bond motifs is 2. The van der Waals surface area contributed by atoms with E-state index in [2.05, 4.69) is 4.72 Å². The Bertz CT molecular complexity index is 1720. The molecule has 0 radical (unpaired) electrons. The van der Waals surface area contributed by atoms with Gasteiger partial charge in [-0.1, -0.05) is 54.6 Å². The Balaban J connectivity index is 1.86. The van der Waals surface area contributed by atoms with Crippen molar-refractivity contribution in [2.24, 2.45) is 0 Å². The number of alkyl halides is 3. The Morgan fingerprint density at radius 3 is 2.43 bits per heavy atom. The van der Waals surface area contributed by atoms with Crippen LogP contribution in [0.1, 0.15) is 22.7 Å². The van der Waals surface area contributed by atoms with Crippen molar-refractivity contribution >= 4 is 26.8 Å². The molecular formula is C26H19F3N2O5S. The third kappa shape index (κ3) is 4.40. The van der Waals surface area contributed by atoms with Gasteiger partial charge in [-0.25, -0.2) is 17.9 Å². The largest absolute Gasteiger partial charge is 0.480 e. The van der Waals surface area contributed by atoms with Gasteiger partial charge in [0.15, 0.2) is 5.03 Å². The molecule has 190 valence electrons. The van der Waals surface area contributed by atoms with Gasteiger partial charge in [-0.3, -0.25) is 9.36 Å². The quantitative estimate of drug-likeness (QED) is 0.413. The van der Waals surface area contributed by atoms with Gasteiger partial charge in [0.05, 0.1) is 5.56 Å². The fraction of sp³-hybridized carbons (Fsp3) is 0.154. The fourth-order valence-corrected chi connectivity index (χ4v) is 6.21. The first kappa shape index (κ1) is 24.7. The first-order chi connectivity index (χ1) is 17.5. The number of aromatic nitrogens is 1. The number of carboxylic acid groups (broad SMARTS) is 1. The predicted octanol–water partition coefficient (Wildman–Crippen LogP) is 4.20. The maximum Gasteiger partial charge on any atom is 0.416 e. The van der Waals surface area contributed by atoms with Gasteiger partial charge in [0.25, 0.3) is 15.6 Å². The Morgan fingerprint density at radius 1 is 1.00 bits per heavy atom. The molecule has 1 aromatic heterocycles. The maximum atomic E-state index is 13.6. The second-order valence-corrected chi connectivity index (χ2v) is 10.3. The van der Waals surface area contributed by atoms with Gasteiger partial charge in [-0.05, 0) is 46.0 Å². The van der Waals surface area contributed by atoms with Gasteiger partial charge >= 0.3 is 12.1 Å². The number of hydrogen-bond acceptors (Lipinski definition) is 4. The smallest absolute Gasteiger partial charge is 0.416 e. The molecule has 0 saturated carbocycles. The molecule has 0 amide bonds. The van der Waals surface area contributed by atoms with E-state index in [1.54, 1.807) is 12.1 Å². The fourth-order valence-electron chi connectivity index (χ4n) is 4.70. The second kappa shape index (κ2) is 8.86. The summed E-state index contributed by atoms with van der Waals surface area (Å²) >= 11 is 0. The molecule has 0 aliphatic carbocycles. The lowest BCUT2D eigenvalue weighted by atomic mass is 9.93.